The van der Waals surface area contributed by atoms with Crippen molar-refractivity contribution in [2.45, 2.75) is 32.2 Å². The molecular formula is C17H28N2O. The van der Waals surface area contributed by atoms with Crippen LogP contribution in [0.2, 0.25) is 0 Å². The van der Waals surface area contributed by atoms with Crippen LogP contribution in [0.1, 0.15) is 37.8 Å². The number of likely N-dealkylation sites (tertiary alicyclic amines) is 1. The summed E-state index contributed by atoms with van der Waals surface area (Å²) in [6.45, 7) is 8.15. The zero-order valence-corrected chi connectivity index (χ0v) is 12.7. The van der Waals surface area contributed by atoms with Gasteiger partial charge in [-0.15, -0.1) is 0 Å². The van der Waals surface area contributed by atoms with Crippen molar-refractivity contribution in [1.82, 2.24) is 10.2 Å². The van der Waals surface area contributed by atoms with Gasteiger partial charge in [0.2, 0.25) is 0 Å². The molecule has 1 aliphatic heterocycles. The summed E-state index contributed by atoms with van der Waals surface area (Å²) in [6, 6.07) is 11.2. The van der Waals surface area contributed by atoms with E-state index in [1.165, 1.54) is 37.9 Å². The quantitative estimate of drug-likeness (QED) is 0.739. The van der Waals surface area contributed by atoms with Gasteiger partial charge >= 0.3 is 0 Å². The predicted molar refractivity (Wildman–Crippen MR) is 84.0 cm³/mol. The lowest BCUT2D eigenvalue weighted by atomic mass is 10.0. The van der Waals surface area contributed by atoms with Gasteiger partial charge in [0.15, 0.2) is 0 Å². The second kappa shape index (κ2) is 9.11. The van der Waals surface area contributed by atoms with E-state index in [1.807, 2.05) is 6.92 Å². The van der Waals surface area contributed by atoms with Crippen molar-refractivity contribution in [2.75, 3.05) is 39.4 Å². The van der Waals surface area contributed by atoms with Crippen LogP contribution in [0.3, 0.4) is 0 Å². The van der Waals surface area contributed by atoms with Crippen LogP contribution in [-0.4, -0.2) is 44.3 Å². The van der Waals surface area contributed by atoms with Crippen LogP contribution >= 0.6 is 0 Å². The zero-order valence-electron chi connectivity index (χ0n) is 12.7. The Morgan fingerprint density at radius 1 is 1.15 bits per heavy atom. The minimum absolute atomic E-state index is 0.412. The lowest BCUT2D eigenvalue weighted by Crippen LogP contribution is -2.39. The molecule has 1 heterocycles. The fourth-order valence-electron chi connectivity index (χ4n) is 2.82. The van der Waals surface area contributed by atoms with Crippen LogP contribution in [0, 0.1) is 0 Å². The van der Waals surface area contributed by atoms with Crippen LogP contribution < -0.4 is 5.32 Å². The number of hydrogen-bond acceptors (Lipinski definition) is 3. The summed E-state index contributed by atoms with van der Waals surface area (Å²) < 4.78 is 5.43. The lowest BCUT2D eigenvalue weighted by Gasteiger charge is -2.31. The Balaban J connectivity index is 1.89. The molecule has 3 heteroatoms. The van der Waals surface area contributed by atoms with Crippen LogP contribution in [0.4, 0.5) is 0 Å². The number of rotatable bonds is 8. The number of nitrogens with one attached hydrogen (secondary N) is 1. The molecule has 0 spiro atoms. The van der Waals surface area contributed by atoms with Gasteiger partial charge in [0, 0.05) is 25.7 Å². The highest BCUT2D eigenvalue weighted by Gasteiger charge is 2.17. The largest absolute Gasteiger partial charge is 0.380 e. The van der Waals surface area contributed by atoms with E-state index in [2.05, 4.69) is 40.5 Å². The average molecular weight is 276 g/mol. The van der Waals surface area contributed by atoms with E-state index < -0.39 is 0 Å². The van der Waals surface area contributed by atoms with E-state index in [4.69, 9.17) is 4.74 Å². The van der Waals surface area contributed by atoms with E-state index in [0.717, 1.165) is 26.3 Å². The van der Waals surface area contributed by atoms with Gasteiger partial charge in [-0.05, 0) is 38.4 Å². The van der Waals surface area contributed by atoms with E-state index in [-0.39, 0.29) is 0 Å². The summed E-state index contributed by atoms with van der Waals surface area (Å²) in [7, 11) is 0. The van der Waals surface area contributed by atoms with Crippen molar-refractivity contribution in [3.8, 4) is 0 Å². The number of nitrogens with zero attached hydrogens (tertiary/aromatic N) is 1. The van der Waals surface area contributed by atoms with Crippen molar-refractivity contribution in [3.05, 3.63) is 35.9 Å². The molecule has 1 aliphatic rings. The van der Waals surface area contributed by atoms with E-state index in [1.54, 1.807) is 0 Å². The molecule has 3 nitrogen and oxygen atoms in total. The van der Waals surface area contributed by atoms with Crippen molar-refractivity contribution in [3.63, 3.8) is 0 Å². The third-order valence-corrected chi connectivity index (χ3v) is 3.93. The maximum absolute atomic E-state index is 5.43. The third kappa shape index (κ3) is 5.23. The molecule has 0 amide bonds. The molecule has 1 fully saturated rings. The smallest absolute Gasteiger partial charge is 0.0590 e. The van der Waals surface area contributed by atoms with E-state index >= 15 is 0 Å². The van der Waals surface area contributed by atoms with Gasteiger partial charge < -0.3 is 15.0 Å². The lowest BCUT2D eigenvalue weighted by molar-refractivity contribution is 0.141. The Kier molecular flexibility index (Phi) is 7.06. The van der Waals surface area contributed by atoms with Crippen molar-refractivity contribution in [1.29, 1.82) is 0 Å². The normalized spacial score (nSPS) is 18.1. The van der Waals surface area contributed by atoms with Gasteiger partial charge in [-0.25, -0.2) is 0 Å². The Morgan fingerprint density at radius 3 is 2.60 bits per heavy atom. The highest BCUT2D eigenvalue weighted by Crippen LogP contribution is 2.17. The standard InChI is InChI=1S/C17H28N2O/c1-2-20-14-11-18-17(16-9-5-3-6-10-16)15-19-12-7-4-8-13-19/h3,5-6,9-10,17-18H,2,4,7-8,11-15H2,1H3/t17-/m0/s1. The van der Waals surface area contributed by atoms with Gasteiger partial charge in [0.1, 0.15) is 0 Å². The van der Waals surface area contributed by atoms with Crippen molar-refractivity contribution >= 4 is 0 Å². The molecule has 0 unspecified atom stereocenters. The van der Waals surface area contributed by atoms with Crippen LogP contribution in [0.25, 0.3) is 0 Å². The second-order valence-corrected chi connectivity index (χ2v) is 5.48. The fourth-order valence-corrected chi connectivity index (χ4v) is 2.82. The fraction of sp³-hybridized carbons (Fsp3) is 0.647. The maximum Gasteiger partial charge on any atom is 0.0590 e. The highest BCUT2D eigenvalue weighted by atomic mass is 16.5. The first-order chi connectivity index (χ1) is 9.90. The monoisotopic (exact) mass is 276 g/mol. The molecule has 0 saturated carbocycles. The summed E-state index contributed by atoms with van der Waals surface area (Å²) in [5.41, 5.74) is 1.38. The molecule has 1 saturated heterocycles. The van der Waals surface area contributed by atoms with Crippen molar-refractivity contribution in [2.24, 2.45) is 0 Å². The first-order valence-corrected chi connectivity index (χ1v) is 7.98. The molecule has 20 heavy (non-hydrogen) atoms. The first-order valence-electron chi connectivity index (χ1n) is 7.98. The molecule has 0 radical (unpaired) electrons. The molecule has 1 N–H and O–H groups in total. The second-order valence-electron chi connectivity index (χ2n) is 5.48. The van der Waals surface area contributed by atoms with Crippen LogP contribution in [0.5, 0.6) is 0 Å². The van der Waals surface area contributed by atoms with Crippen molar-refractivity contribution < 1.29 is 4.74 Å². The summed E-state index contributed by atoms with van der Waals surface area (Å²) >= 11 is 0. The van der Waals surface area contributed by atoms with Gasteiger partial charge in [-0.1, -0.05) is 36.8 Å². The SMILES string of the molecule is CCOCCN[C@@H](CN1CCCCC1)c1ccccc1. The van der Waals surface area contributed by atoms with Gasteiger partial charge in [-0.3, -0.25) is 0 Å². The topological polar surface area (TPSA) is 24.5 Å². The molecule has 1 atom stereocenters. The molecule has 0 bridgehead atoms. The molecular weight excluding hydrogens is 248 g/mol. The number of piperidine rings is 1. The van der Waals surface area contributed by atoms with Gasteiger partial charge in [0.05, 0.1) is 6.61 Å². The predicted octanol–water partition coefficient (Wildman–Crippen LogP) is 2.84. The van der Waals surface area contributed by atoms with Gasteiger partial charge in [0.25, 0.3) is 0 Å². The molecule has 1 aromatic carbocycles. The number of ether oxygens (including phenoxy) is 1. The summed E-state index contributed by atoms with van der Waals surface area (Å²) in [5, 5.41) is 3.65. The Bertz CT molecular complexity index is 349. The van der Waals surface area contributed by atoms with Crippen LogP contribution in [-0.2, 0) is 4.74 Å². The minimum Gasteiger partial charge on any atom is -0.380 e. The molecule has 112 valence electrons. The van der Waals surface area contributed by atoms with Crippen LogP contribution in [0.15, 0.2) is 30.3 Å². The zero-order chi connectivity index (χ0) is 14.0. The molecule has 0 aliphatic carbocycles. The minimum atomic E-state index is 0.412. The Hall–Kier alpha value is -0.900. The third-order valence-electron chi connectivity index (χ3n) is 3.93. The number of hydrogen-bond donors (Lipinski definition) is 1. The van der Waals surface area contributed by atoms with E-state index in [0.29, 0.717) is 6.04 Å². The van der Waals surface area contributed by atoms with E-state index in [9.17, 15) is 0 Å². The maximum atomic E-state index is 5.43. The highest BCUT2D eigenvalue weighted by molar-refractivity contribution is 5.19. The molecule has 2 rings (SSSR count). The summed E-state index contributed by atoms with van der Waals surface area (Å²) in [6.07, 6.45) is 4.09. The Morgan fingerprint density at radius 2 is 1.90 bits per heavy atom. The number of benzene rings is 1. The molecule has 1 aromatic rings. The molecule has 0 aromatic heterocycles. The average Bonchev–Trinajstić information content (AvgIpc) is 2.52. The summed E-state index contributed by atoms with van der Waals surface area (Å²) in [4.78, 5) is 2.59. The summed E-state index contributed by atoms with van der Waals surface area (Å²) in [5.74, 6) is 0. The first kappa shape index (κ1) is 15.5. The Labute approximate surface area is 123 Å². The van der Waals surface area contributed by atoms with Gasteiger partial charge in [-0.2, -0.15) is 0 Å².